The summed E-state index contributed by atoms with van der Waals surface area (Å²) in [6.45, 7) is 1.23. The monoisotopic (exact) mass is 510 g/mol. The Kier molecular flexibility index (Phi) is 6.38. The lowest BCUT2D eigenvalue weighted by atomic mass is 10.1. The molecule has 0 aliphatic carbocycles. The molecule has 30 heavy (non-hydrogen) atoms. The van der Waals surface area contributed by atoms with Gasteiger partial charge >= 0.3 is 0 Å². The van der Waals surface area contributed by atoms with Gasteiger partial charge in [0.15, 0.2) is 0 Å². The van der Waals surface area contributed by atoms with E-state index in [1.54, 1.807) is 7.11 Å². The van der Waals surface area contributed by atoms with Crippen LogP contribution >= 0.6 is 22.6 Å². The number of aromatic nitrogens is 1. The maximum Gasteiger partial charge on any atom is 0.237 e. The van der Waals surface area contributed by atoms with Gasteiger partial charge in [-0.25, -0.2) is 0 Å². The molecule has 152 valence electrons. The second-order valence-electron chi connectivity index (χ2n) is 7.09. The number of hydrogen-bond acceptors (Lipinski definition) is 2. The normalized spacial score (nSPS) is 10.9. The van der Waals surface area contributed by atoms with Crippen LogP contribution in [0.4, 0.5) is 5.69 Å². The number of hydrogen-bond donors (Lipinski definition) is 0. The molecular weight excluding hydrogens is 487 g/mol. The molecule has 1 aromatic heterocycles. The van der Waals surface area contributed by atoms with Crippen molar-refractivity contribution in [2.24, 2.45) is 0 Å². The van der Waals surface area contributed by atoms with Crippen molar-refractivity contribution in [2.75, 3.05) is 16.4 Å². The average Bonchev–Trinajstić information content (AvgIpc) is 3.21. The van der Waals surface area contributed by atoms with Crippen molar-refractivity contribution in [3.8, 4) is 5.75 Å². The zero-order valence-corrected chi connectivity index (χ0v) is 19.0. The number of anilines is 1. The number of alkyl halides is 1. The molecule has 0 aliphatic rings. The zero-order chi connectivity index (χ0) is 20.9. The van der Waals surface area contributed by atoms with E-state index in [1.165, 1.54) is 10.9 Å². The highest BCUT2D eigenvalue weighted by atomic mass is 127. The number of rotatable bonds is 7. The van der Waals surface area contributed by atoms with Crippen molar-refractivity contribution in [2.45, 2.75) is 13.1 Å². The molecule has 0 atom stereocenters. The summed E-state index contributed by atoms with van der Waals surface area (Å²) in [5.41, 5.74) is 4.32. The van der Waals surface area contributed by atoms with Gasteiger partial charge in [-0.2, -0.15) is 0 Å². The van der Waals surface area contributed by atoms with Crippen LogP contribution in [-0.2, 0) is 17.9 Å². The molecule has 0 bridgehead atoms. The van der Waals surface area contributed by atoms with Gasteiger partial charge in [0.05, 0.1) is 18.1 Å². The fourth-order valence-corrected chi connectivity index (χ4v) is 4.07. The van der Waals surface area contributed by atoms with Crippen LogP contribution in [0, 0.1) is 0 Å². The minimum absolute atomic E-state index is 0.0937. The van der Waals surface area contributed by atoms with Gasteiger partial charge in [-0.15, -0.1) is 0 Å². The number of carbonyl (C=O) groups is 1. The Morgan fingerprint density at radius 1 is 0.967 bits per heavy atom. The summed E-state index contributed by atoms with van der Waals surface area (Å²) >= 11 is 2.14. The maximum atomic E-state index is 12.9. The summed E-state index contributed by atoms with van der Waals surface area (Å²) in [6.07, 6.45) is 2.11. The Bertz CT molecular complexity index is 1150. The van der Waals surface area contributed by atoms with Crippen LogP contribution in [0.1, 0.15) is 11.1 Å². The first-order valence-corrected chi connectivity index (χ1v) is 11.3. The van der Waals surface area contributed by atoms with Crippen LogP contribution in [-0.4, -0.2) is 22.0 Å². The zero-order valence-electron chi connectivity index (χ0n) is 16.8. The number of ether oxygens (including phenoxy) is 1. The number of amides is 1. The lowest BCUT2D eigenvalue weighted by Gasteiger charge is -2.25. The van der Waals surface area contributed by atoms with E-state index >= 15 is 0 Å². The minimum atomic E-state index is 0.0937. The van der Waals surface area contributed by atoms with Crippen molar-refractivity contribution in [1.82, 2.24) is 4.57 Å². The predicted octanol–water partition coefficient (Wildman–Crippen LogP) is 5.67. The molecule has 5 heteroatoms. The summed E-state index contributed by atoms with van der Waals surface area (Å²) in [7, 11) is 1.65. The predicted molar refractivity (Wildman–Crippen MR) is 131 cm³/mol. The summed E-state index contributed by atoms with van der Waals surface area (Å²) in [5, 5.41) is 1.22. The second-order valence-corrected chi connectivity index (χ2v) is 7.86. The first-order chi connectivity index (χ1) is 14.7. The lowest BCUT2D eigenvalue weighted by molar-refractivity contribution is -0.116. The summed E-state index contributed by atoms with van der Waals surface area (Å²) in [4.78, 5) is 14.8. The number of methoxy groups -OCH3 is 1. The summed E-state index contributed by atoms with van der Waals surface area (Å²) in [6, 6.07) is 26.5. The third kappa shape index (κ3) is 4.36. The molecule has 4 aromatic rings. The van der Waals surface area contributed by atoms with E-state index in [-0.39, 0.29) is 5.91 Å². The van der Waals surface area contributed by atoms with Crippen molar-refractivity contribution in [3.63, 3.8) is 0 Å². The minimum Gasteiger partial charge on any atom is -0.497 e. The highest BCUT2D eigenvalue weighted by Crippen LogP contribution is 2.26. The molecule has 1 amide bonds. The third-order valence-electron chi connectivity index (χ3n) is 5.22. The molecule has 3 aromatic carbocycles. The molecule has 0 saturated heterocycles. The van der Waals surface area contributed by atoms with Gasteiger partial charge in [-0.05, 0) is 46.8 Å². The Balaban J connectivity index is 1.68. The molecule has 0 N–H and O–H groups in total. The standard InChI is InChI=1S/C25H23IN2O2/c1-30-22-12-10-19(11-13-22)17-28(25(29)16-26)24-9-5-3-7-21(24)18-27-15-14-20-6-2-4-8-23(20)27/h2-15H,16-18H2,1H3. The molecule has 1 heterocycles. The van der Waals surface area contributed by atoms with Crippen molar-refractivity contribution < 1.29 is 9.53 Å². The number of benzene rings is 3. The van der Waals surface area contributed by atoms with Gasteiger partial charge in [0, 0.05) is 23.9 Å². The summed E-state index contributed by atoms with van der Waals surface area (Å²) in [5.74, 6) is 0.904. The van der Waals surface area contributed by atoms with Gasteiger partial charge < -0.3 is 14.2 Å². The largest absolute Gasteiger partial charge is 0.497 e. The topological polar surface area (TPSA) is 34.5 Å². The molecule has 0 unspecified atom stereocenters. The number of para-hydroxylation sites is 2. The quantitative estimate of drug-likeness (QED) is 0.237. The highest BCUT2D eigenvalue weighted by molar-refractivity contribution is 14.1. The van der Waals surface area contributed by atoms with Gasteiger partial charge in [0.2, 0.25) is 5.91 Å². The van der Waals surface area contributed by atoms with E-state index in [9.17, 15) is 4.79 Å². The van der Waals surface area contributed by atoms with E-state index in [0.717, 1.165) is 22.6 Å². The van der Waals surface area contributed by atoms with Crippen LogP contribution in [0.25, 0.3) is 10.9 Å². The van der Waals surface area contributed by atoms with E-state index in [4.69, 9.17) is 4.74 Å². The fraction of sp³-hybridized carbons (Fsp3) is 0.160. The van der Waals surface area contributed by atoms with E-state index in [1.807, 2.05) is 47.4 Å². The van der Waals surface area contributed by atoms with Crippen LogP contribution in [0.2, 0.25) is 0 Å². The van der Waals surface area contributed by atoms with Crippen LogP contribution in [0.5, 0.6) is 5.75 Å². The van der Waals surface area contributed by atoms with Gasteiger partial charge in [-0.3, -0.25) is 4.79 Å². The Morgan fingerprint density at radius 2 is 1.70 bits per heavy atom. The number of halogens is 1. The smallest absolute Gasteiger partial charge is 0.237 e. The third-order valence-corrected chi connectivity index (χ3v) is 5.87. The SMILES string of the molecule is COc1ccc(CN(C(=O)CI)c2ccccc2Cn2ccc3ccccc32)cc1. The van der Waals surface area contributed by atoms with Crippen molar-refractivity contribution >= 4 is 45.1 Å². The molecule has 0 fully saturated rings. The van der Waals surface area contributed by atoms with E-state index in [2.05, 4.69) is 69.8 Å². The molecule has 0 spiro atoms. The Morgan fingerprint density at radius 3 is 2.47 bits per heavy atom. The maximum absolute atomic E-state index is 12.9. The first kappa shape index (κ1) is 20.5. The van der Waals surface area contributed by atoms with Crippen molar-refractivity contribution in [1.29, 1.82) is 0 Å². The molecule has 0 saturated carbocycles. The van der Waals surface area contributed by atoms with Gasteiger partial charge in [0.1, 0.15) is 5.75 Å². The van der Waals surface area contributed by atoms with Crippen LogP contribution < -0.4 is 9.64 Å². The molecule has 4 nitrogen and oxygen atoms in total. The molecule has 0 radical (unpaired) electrons. The fourth-order valence-electron chi connectivity index (χ4n) is 3.66. The second kappa shape index (κ2) is 9.34. The van der Waals surface area contributed by atoms with E-state index in [0.29, 0.717) is 17.5 Å². The highest BCUT2D eigenvalue weighted by Gasteiger charge is 2.18. The van der Waals surface area contributed by atoms with E-state index < -0.39 is 0 Å². The van der Waals surface area contributed by atoms with Gasteiger partial charge in [-0.1, -0.05) is 71.1 Å². The number of fused-ring (bicyclic) bond motifs is 1. The van der Waals surface area contributed by atoms with Crippen LogP contribution in [0.3, 0.4) is 0 Å². The average molecular weight is 510 g/mol. The lowest BCUT2D eigenvalue weighted by Crippen LogP contribution is -2.32. The Hall–Kier alpha value is -2.80. The van der Waals surface area contributed by atoms with Gasteiger partial charge in [0.25, 0.3) is 0 Å². The molecule has 0 aliphatic heterocycles. The van der Waals surface area contributed by atoms with Crippen LogP contribution in [0.15, 0.2) is 85.1 Å². The first-order valence-electron chi connectivity index (χ1n) is 9.80. The molecule has 4 rings (SSSR count). The number of nitrogens with zero attached hydrogens (tertiary/aromatic N) is 2. The number of carbonyl (C=O) groups excluding carboxylic acids is 1. The molecular formula is C25H23IN2O2. The van der Waals surface area contributed by atoms with Crippen molar-refractivity contribution in [3.05, 3.63) is 96.2 Å². The Labute approximate surface area is 190 Å². The summed E-state index contributed by atoms with van der Waals surface area (Å²) < 4.78 is 7.91.